The normalized spacial score (nSPS) is 20.4. The zero-order valence-electron chi connectivity index (χ0n) is 16.5. The number of piperazine rings is 1. The monoisotopic (exact) mass is 397 g/mol. The average Bonchev–Trinajstić information content (AvgIpc) is 2.79. The largest absolute Gasteiger partial charge is 0.473 e. The quantitative estimate of drug-likeness (QED) is 0.741. The number of pyridine rings is 1. The number of hydrogen-bond acceptors (Lipinski definition) is 6. The highest BCUT2D eigenvalue weighted by atomic mass is 16.6. The Morgan fingerprint density at radius 3 is 2.69 bits per heavy atom. The fraction of sp³-hybridized carbons (Fsp3) is 0.455. The summed E-state index contributed by atoms with van der Waals surface area (Å²) >= 11 is 0. The molecule has 154 valence electrons. The van der Waals surface area contributed by atoms with Crippen LogP contribution >= 0.6 is 0 Å². The molecule has 2 aliphatic rings. The Morgan fingerprint density at radius 1 is 1.10 bits per heavy atom. The SMILES string of the molecule is O=C(c1ccnc(OCc2ccccc2)c1)N1CCN(C[C@@H]2COCCO2)CC1. The summed E-state index contributed by atoms with van der Waals surface area (Å²) in [7, 11) is 0. The molecule has 2 aromatic rings. The number of carbonyl (C=O) groups excluding carboxylic acids is 1. The highest BCUT2D eigenvalue weighted by Gasteiger charge is 2.25. The fourth-order valence-electron chi connectivity index (χ4n) is 3.60. The molecule has 0 N–H and O–H groups in total. The van der Waals surface area contributed by atoms with E-state index in [9.17, 15) is 4.79 Å². The van der Waals surface area contributed by atoms with Crippen molar-refractivity contribution in [3.05, 3.63) is 59.8 Å². The molecule has 0 bridgehead atoms. The number of hydrogen-bond donors (Lipinski definition) is 0. The molecule has 0 saturated carbocycles. The molecule has 7 nitrogen and oxygen atoms in total. The molecule has 1 amide bonds. The summed E-state index contributed by atoms with van der Waals surface area (Å²) in [5.74, 6) is 0.488. The Bertz CT molecular complexity index is 788. The Labute approximate surface area is 171 Å². The van der Waals surface area contributed by atoms with Crippen molar-refractivity contribution in [2.24, 2.45) is 0 Å². The van der Waals surface area contributed by atoms with Crippen LogP contribution < -0.4 is 4.74 Å². The summed E-state index contributed by atoms with van der Waals surface area (Å²) in [6.07, 6.45) is 1.76. The van der Waals surface area contributed by atoms with Gasteiger partial charge in [-0.15, -0.1) is 0 Å². The van der Waals surface area contributed by atoms with Crippen molar-refractivity contribution in [2.75, 3.05) is 52.5 Å². The highest BCUT2D eigenvalue weighted by molar-refractivity contribution is 5.94. The Kier molecular flexibility index (Phi) is 6.71. The number of nitrogens with zero attached hydrogens (tertiary/aromatic N) is 3. The zero-order valence-corrected chi connectivity index (χ0v) is 16.5. The van der Waals surface area contributed by atoms with E-state index in [0.29, 0.717) is 51.0 Å². The van der Waals surface area contributed by atoms with Crippen LogP contribution in [0.2, 0.25) is 0 Å². The number of aromatic nitrogens is 1. The number of carbonyl (C=O) groups is 1. The van der Waals surface area contributed by atoms with Crippen LogP contribution in [-0.2, 0) is 16.1 Å². The van der Waals surface area contributed by atoms with Gasteiger partial charge in [-0.25, -0.2) is 4.98 Å². The van der Waals surface area contributed by atoms with Crippen molar-refractivity contribution in [1.82, 2.24) is 14.8 Å². The summed E-state index contributed by atoms with van der Waals surface area (Å²) < 4.78 is 16.9. The first-order chi connectivity index (χ1) is 14.3. The second kappa shape index (κ2) is 9.82. The van der Waals surface area contributed by atoms with E-state index in [4.69, 9.17) is 14.2 Å². The Hall–Kier alpha value is -2.48. The molecule has 0 radical (unpaired) electrons. The van der Waals surface area contributed by atoms with Crippen LogP contribution in [0.1, 0.15) is 15.9 Å². The maximum absolute atomic E-state index is 12.9. The first-order valence-electron chi connectivity index (χ1n) is 10.1. The third-order valence-electron chi connectivity index (χ3n) is 5.22. The first-order valence-corrected chi connectivity index (χ1v) is 10.1. The van der Waals surface area contributed by atoms with Gasteiger partial charge in [0, 0.05) is 50.6 Å². The number of ether oxygens (including phenoxy) is 3. The van der Waals surface area contributed by atoms with Gasteiger partial charge in [0.25, 0.3) is 5.91 Å². The van der Waals surface area contributed by atoms with Gasteiger partial charge in [-0.1, -0.05) is 30.3 Å². The second-order valence-corrected chi connectivity index (χ2v) is 7.32. The lowest BCUT2D eigenvalue weighted by Gasteiger charge is -2.37. The molecular formula is C22H27N3O4. The van der Waals surface area contributed by atoms with E-state index < -0.39 is 0 Å². The van der Waals surface area contributed by atoms with Crippen molar-refractivity contribution >= 4 is 5.91 Å². The first kappa shape index (κ1) is 19.8. The second-order valence-electron chi connectivity index (χ2n) is 7.32. The van der Waals surface area contributed by atoms with E-state index >= 15 is 0 Å². The topological polar surface area (TPSA) is 64.1 Å². The van der Waals surface area contributed by atoms with Crippen LogP contribution in [0.25, 0.3) is 0 Å². The minimum absolute atomic E-state index is 0.0221. The number of amides is 1. The van der Waals surface area contributed by atoms with Crippen LogP contribution in [0, 0.1) is 0 Å². The predicted octanol–water partition coefficient (Wildman–Crippen LogP) is 1.83. The van der Waals surface area contributed by atoms with Crippen LogP contribution in [0.5, 0.6) is 5.88 Å². The molecular weight excluding hydrogens is 370 g/mol. The summed E-state index contributed by atoms with van der Waals surface area (Å²) in [4.78, 5) is 21.4. The average molecular weight is 397 g/mol. The predicted molar refractivity (Wildman–Crippen MR) is 108 cm³/mol. The standard InChI is InChI=1S/C22H27N3O4/c26-22(25-10-8-24(9-11-25)15-20-17-27-12-13-28-20)19-6-7-23-21(14-19)29-16-18-4-2-1-3-5-18/h1-7,14,20H,8-13,15-17H2/t20-/m1/s1. The molecule has 4 rings (SSSR count). The van der Waals surface area contributed by atoms with Crippen LogP contribution in [0.15, 0.2) is 48.7 Å². The smallest absolute Gasteiger partial charge is 0.254 e. The third kappa shape index (κ3) is 5.53. The van der Waals surface area contributed by atoms with Gasteiger partial charge < -0.3 is 19.1 Å². The Morgan fingerprint density at radius 2 is 1.93 bits per heavy atom. The van der Waals surface area contributed by atoms with Gasteiger partial charge in [0.2, 0.25) is 5.88 Å². The molecule has 1 aromatic carbocycles. The van der Waals surface area contributed by atoms with Gasteiger partial charge >= 0.3 is 0 Å². The molecule has 7 heteroatoms. The lowest BCUT2D eigenvalue weighted by atomic mass is 10.2. The van der Waals surface area contributed by atoms with Gasteiger partial charge in [-0.2, -0.15) is 0 Å². The molecule has 3 heterocycles. The van der Waals surface area contributed by atoms with Gasteiger partial charge in [-0.3, -0.25) is 9.69 Å². The van der Waals surface area contributed by atoms with Crippen molar-refractivity contribution in [1.29, 1.82) is 0 Å². The summed E-state index contributed by atoms with van der Waals surface area (Å²) in [6.45, 7) is 6.38. The number of rotatable bonds is 6. The van der Waals surface area contributed by atoms with Gasteiger partial charge in [-0.05, 0) is 11.6 Å². The van der Waals surface area contributed by atoms with E-state index in [1.807, 2.05) is 35.2 Å². The van der Waals surface area contributed by atoms with Crippen LogP contribution in [-0.4, -0.2) is 79.3 Å². The lowest BCUT2D eigenvalue weighted by Crippen LogP contribution is -2.51. The fourth-order valence-corrected chi connectivity index (χ4v) is 3.60. The van der Waals surface area contributed by atoms with Crippen molar-refractivity contribution in [3.8, 4) is 5.88 Å². The van der Waals surface area contributed by atoms with Crippen molar-refractivity contribution < 1.29 is 19.0 Å². The van der Waals surface area contributed by atoms with Crippen LogP contribution in [0.3, 0.4) is 0 Å². The molecule has 0 unspecified atom stereocenters. The molecule has 2 fully saturated rings. The number of benzene rings is 1. The molecule has 0 aliphatic carbocycles. The van der Waals surface area contributed by atoms with E-state index in [2.05, 4.69) is 9.88 Å². The van der Waals surface area contributed by atoms with Gasteiger partial charge in [0.15, 0.2) is 0 Å². The highest BCUT2D eigenvalue weighted by Crippen LogP contribution is 2.15. The molecule has 0 spiro atoms. The van der Waals surface area contributed by atoms with Crippen LogP contribution in [0.4, 0.5) is 0 Å². The molecule has 2 saturated heterocycles. The Balaban J connectivity index is 1.28. The zero-order chi connectivity index (χ0) is 19.9. The summed E-state index contributed by atoms with van der Waals surface area (Å²) in [6, 6.07) is 13.4. The minimum Gasteiger partial charge on any atom is -0.473 e. The van der Waals surface area contributed by atoms with E-state index in [1.54, 1.807) is 18.3 Å². The lowest BCUT2D eigenvalue weighted by molar-refractivity contribution is -0.0994. The molecule has 29 heavy (non-hydrogen) atoms. The summed E-state index contributed by atoms with van der Waals surface area (Å²) in [5, 5.41) is 0. The summed E-state index contributed by atoms with van der Waals surface area (Å²) in [5.41, 5.74) is 1.68. The van der Waals surface area contributed by atoms with E-state index in [1.165, 1.54) is 0 Å². The van der Waals surface area contributed by atoms with Gasteiger partial charge in [0.1, 0.15) is 6.61 Å². The maximum atomic E-state index is 12.9. The maximum Gasteiger partial charge on any atom is 0.254 e. The minimum atomic E-state index is 0.0221. The van der Waals surface area contributed by atoms with E-state index in [0.717, 1.165) is 25.2 Å². The molecule has 1 aromatic heterocycles. The van der Waals surface area contributed by atoms with Crippen molar-refractivity contribution in [2.45, 2.75) is 12.7 Å². The molecule has 2 aliphatic heterocycles. The van der Waals surface area contributed by atoms with Crippen molar-refractivity contribution in [3.63, 3.8) is 0 Å². The van der Waals surface area contributed by atoms with Gasteiger partial charge in [0.05, 0.1) is 25.9 Å². The molecule has 1 atom stereocenters. The van der Waals surface area contributed by atoms with E-state index in [-0.39, 0.29) is 12.0 Å². The third-order valence-corrected chi connectivity index (χ3v) is 5.22.